The molecule has 0 aliphatic heterocycles. The maximum atomic E-state index is 9.56. The number of halogens is 3. The minimum absolute atomic E-state index is 0. The maximum Gasteiger partial charge on any atom is 0 e. The summed E-state index contributed by atoms with van der Waals surface area (Å²) in [5.74, 6) is 0. The molecule has 0 saturated carbocycles. The van der Waals surface area contributed by atoms with E-state index in [0.717, 1.165) is 0 Å². The van der Waals surface area contributed by atoms with Crippen molar-refractivity contribution in [3.05, 3.63) is 0 Å². The standard InChI is InChI=1S/C2H6OS.3ClH.K.Pt/c1-4(2)3;;;;;/h1-2H3;3*1H;;/q;;;;;+3/p-3. The molecule has 0 amide bonds. The molecule has 9 heavy (non-hydrogen) atoms. The first-order valence-corrected chi connectivity index (χ1v) is 11.8. The summed E-state index contributed by atoms with van der Waals surface area (Å²) in [7, 11) is 14.3. The Kier molecular flexibility index (Phi) is 28.1. The topological polar surface area (TPSA) is 17.1 Å². The first kappa shape index (κ1) is 18.2. The van der Waals surface area contributed by atoms with Gasteiger partial charge in [-0.15, -0.1) is 0 Å². The Hall–Kier alpha value is 3.34. The molecule has 0 saturated heterocycles. The van der Waals surface area contributed by atoms with E-state index < -0.39 is 25.0 Å². The molecule has 0 aromatic rings. The zero-order valence-electron chi connectivity index (χ0n) is 5.27. The summed E-state index contributed by atoms with van der Waals surface area (Å²) in [6.45, 7) is 0. The van der Waals surface area contributed by atoms with Crippen LogP contribution in [0.4, 0.5) is 0 Å². The van der Waals surface area contributed by atoms with E-state index in [-0.39, 0.29) is 51.4 Å². The summed E-state index contributed by atoms with van der Waals surface area (Å²) in [6, 6.07) is 0. The van der Waals surface area contributed by atoms with Gasteiger partial charge in [0.05, 0.1) is 0 Å². The van der Waals surface area contributed by atoms with Gasteiger partial charge in [0.15, 0.2) is 0 Å². The molecule has 7 heteroatoms. The molecule has 0 aliphatic rings. The zero-order chi connectivity index (χ0) is 7.15. The van der Waals surface area contributed by atoms with E-state index in [1.54, 1.807) is 12.5 Å². The van der Waals surface area contributed by atoms with Gasteiger partial charge < -0.3 is 0 Å². The average molecular weight is 419 g/mol. The second-order valence-corrected chi connectivity index (χ2v) is 12.2. The van der Waals surface area contributed by atoms with Crippen molar-refractivity contribution in [2.45, 2.75) is 0 Å². The van der Waals surface area contributed by atoms with Crippen LogP contribution >= 0.6 is 28.3 Å². The molecular formula is C2H6Cl3KOPtS. The van der Waals surface area contributed by atoms with Crippen molar-refractivity contribution >= 4 is 90.4 Å². The number of rotatable bonds is 0. The first-order chi connectivity index (χ1) is 3.46. The fourth-order valence-electron chi connectivity index (χ4n) is 0. The second kappa shape index (κ2) is 13.9. The number of hydrogen-bond donors (Lipinski definition) is 0. The van der Waals surface area contributed by atoms with Crippen LogP contribution in [0.2, 0.25) is 0 Å². The van der Waals surface area contributed by atoms with Gasteiger partial charge in [-0.3, -0.25) is 4.21 Å². The Balaban J connectivity index is -0.0000000720. The molecule has 1 radical (unpaired) electrons. The molecule has 0 heterocycles. The van der Waals surface area contributed by atoms with Crippen LogP contribution in [0.5, 0.6) is 0 Å². The minimum atomic E-state index is -1.85. The van der Waals surface area contributed by atoms with Crippen LogP contribution < -0.4 is 0 Å². The molecule has 0 N–H and O–H groups in total. The van der Waals surface area contributed by atoms with Gasteiger partial charge >= 0.3 is 42.4 Å². The summed E-state index contributed by atoms with van der Waals surface area (Å²) in [4.78, 5) is 0. The van der Waals surface area contributed by atoms with Crippen LogP contribution in [0.3, 0.4) is 0 Å². The van der Waals surface area contributed by atoms with E-state index in [4.69, 9.17) is 28.3 Å². The third kappa shape index (κ3) is 88.6. The molecule has 0 atom stereocenters. The molecule has 0 spiro atoms. The second-order valence-electron chi connectivity index (χ2n) is 0.877. The van der Waals surface area contributed by atoms with Gasteiger partial charge in [0.1, 0.15) is 0 Å². The molecule has 58 valence electrons. The molecule has 0 aromatic carbocycles. The summed E-state index contributed by atoms with van der Waals surface area (Å²) in [5.41, 5.74) is 0. The van der Waals surface area contributed by atoms with Crippen LogP contribution in [0.15, 0.2) is 0 Å². The monoisotopic (exact) mass is 417 g/mol. The van der Waals surface area contributed by atoms with Crippen LogP contribution in [-0.2, 0) is 25.0 Å². The van der Waals surface area contributed by atoms with Gasteiger partial charge in [0, 0.05) is 74.7 Å². The van der Waals surface area contributed by atoms with Gasteiger partial charge in [-0.05, 0) is 0 Å². The van der Waals surface area contributed by atoms with Gasteiger partial charge in [-0.25, -0.2) is 0 Å². The fraction of sp³-hybridized carbons (Fsp3) is 1.00. The zero-order valence-corrected chi connectivity index (χ0v) is 13.7. The smallest absolute Gasteiger partial charge is 0 e. The third-order valence-electron chi connectivity index (χ3n) is 0. The van der Waals surface area contributed by atoms with E-state index in [0.29, 0.717) is 0 Å². The van der Waals surface area contributed by atoms with Crippen molar-refractivity contribution in [3.8, 4) is 0 Å². The Bertz CT molecular complexity index is 66.1. The van der Waals surface area contributed by atoms with E-state index >= 15 is 0 Å². The van der Waals surface area contributed by atoms with E-state index in [2.05, 4.69) is 0 Å². The van der Waals surface area contributed by atoms with Crippen molar-refractivity contribution in [3.63, 3.8) is 0 Å². The summed E-state index contributed by atoms with van der Waals surface area (Å²) in [6.07, 6.45) is 3.28. The molecular weight excluding hydrogens is 413 g/mol. The SMILES string of the molecule is CS(C)=O.[Cl][Pt]([Cl])[Cl].[K]. The Morgan fingerprint density at radius 3 is 1.22 bits per heavy atom. The minimum Gasteiger partial charge on any atom is 0 e. The molecule has 0 unspecified atom stereocenters. The normalized spacial score (nSPS) is 8.89. The van der Waals surface area contributed by atoms with Crippen LogP contribution in [0.1, 0.15) is 0 Å². The van der Waals surface area contributed by atoms with Crippen LogP contribution in [0.25, 0.3) is 0 Å². The van der Waals surface area contributed by atoms with Gasteiger partial charge in [0.25, 0.3) is 0 Å². The molecule has 0 aromatic heterocycles. The van der Waals surface area contributed by atoms with Crippen molar-refractivity contribution in [1.29, 1.82) is 0 Å². The summed E-state index contributed by atoms with van der Waals surface area (Å²) < 4.78 is 9.56. The fourth-order valence-corrected chi connectivity index (χ4v) is 0. The first-order valence-electron chi connectivity index (χ1n) is 1.34. The average Bonchev–Trinajstić information content (AvgIpc) is 1.25. The van der Waals surface area contributed by atoms with E-state index in [1.807, 2.05) is 0 Å². The Labute approximate surface area is 118 Å². The number of hydrogen-bond acceptors (Lipinski definition) is 1. The Morgan fingerprint density at radius 2 is 1.22 bits per heavy atom. The molecule has 0 rings (SSSR count). The predicted molar refractivity (Wildman–Crippen MR) is 43.3 cm³/mol. The van der Waals surface area contributed by atoms with Crippen LogP contribution in [0, 0.1) is 0 Å². The predicted octanol–water partition coefficient (Wildman–Crippen LogP) is 1.68. The van der Waals surface area contributed by atoms with E-state index in [9.17, 15) is 4.21 Å². The van der Waals surface area contributed by atoms with Crippen LogP contribution in [-0.4, -0.2) is 68.1 Å². The van der Waals surface area contributed by atoms with Crippen molar-refractivity contribution < 1.29 is 18.4 Å². The van der Waals surface area contributed by atoms with Gasteiger partial charge in [0.2, 0.25) is 0 Å². The maximum absolute atomic E-state index is 9.56. The summed E-state index contributed by atoms with van der Waals surface area (Å²) >= 11 is -1.85. The largest absolute Gasteiger partial charge is 0 e. The third-order valence-corrected chi connectivity index (χ3v) is 0. The van der Waals surface area contributed by atoms with Gasteiger partial charge in [-0.2, -0.15) is 0 Å². The van der Waals surface area contributed by atoms with Crippen molar-refractivity contribution in [2.24, 2.45) is 0 Å². The molecule has 1 nitrogen and oxygen atoms in total. The van der Waals surface area contributed by atoms with Crippen molar-refractivity contribution in [1.82, 2.24) is 0 Å². The van der Waals surface area contributed by atoms with E-state index in [1.165, 1.54) is 0 Å². The quantitative estimate of drug-likeness (QED) is 0.547. The summed E-state index contributed by atoms with van der Waals surface area (Å²) in [5, 5.41) is 0. The molecule has 0 fully saturated rings. The molecule has 0 aliphatic carbocycles. The van der Waals surface area contributed by atoms with Gasteiger partial charge in [-0.1, -0.05) is 0 Å². The molecule has 0 bridgehead atoms. The van der Waals surface area contributed by atoms with Crippen molar-refractivity contribution in [2.75, 3.05) is 12.5 Å². The Morgan fingerprint density at radius 1 is 1.22 bits per heavy atom.